The molecule has 0 aliphatic heterocycles. The number of nitrogen functional groups attached to an aromatic ring is 1. The highest BCUT2D eigenvalue weighted by molar-refractivity contribution is 5.67. The van der Waals surface area contributed by atoms with Crippen LogP contribution in [0.3, 0.4) is 0 Å². The fraction of sp³-hybridized carbons (Fsp3) is 0.600. The first kappa shape index (κ1) is 19.0. The Bertz CT molecular complexity index is 530. The van der Waals surface area contributed by atoms with Gasteiger partial charge in [-0.05, 0) is 33.3 Å². The van der Waals surface area contributed by atoms with Crippen molar-refractivity contribution in [3.05, 3.63) is 17.8 Å². The van der Waals surface area contributed by atoms with Gasteiger partial charge in [0.1, 0.15) is 11.7 Å². The number of anilines is 1. The Morgan fingerprint density at radius 1 is 1.43 bits per heavy atom. The second-order valence-corrected chi connectivity index (χ2v) is 6.10. The molecule has 0 aromatic carbocycles. The molecule has 0 aliphatic rings. The van der Waals surface area contributed by atoms with Gasteiger partial charge in [-0.3, -0.25) is 0 Å². The molecule has 1 heterocycles. The van der Waals surface area contributed by atoms with E-state index in [1.54, 1.807) is 20.8 Å². The molecule has 0 radical (unpaired) electrons. The SMILES string of the molecule is COc1ncc(N)cc1C(O)C(O)CCNC(=O)OC(C)(C)C. The Morgan fingerprint density at radius 2 is 2.09 bits per heavy atom. The molecule has 1 rings (SSSR count). The minimum absolute atomic E-state index is 0.123. The Balaban J connectivity index is 2.56. The fourth-order valence-corrected chi connectivity index (χ4v) is 1.87. The first-order valence-corrected chi connectivity index (χ1v) is 7.26. The maximum absolute atomic E-state index is 11.5. The van der Waals surface area contributed by atoms with Crippen LogP contribution in [-0.2, 0) is 4.74 Å². The molecule has 2 unspecified atom stereocenters. The van der Waals surface area contributed by atoms with Crippen LogP contribution in [-0.4, -0.2) is 46.6 Å². The van der Waals surface area contributed by atoms with Crippen molar-refractivity contribution in [2.24, 2.45) is 0 Å². The number of nitrogens with zero attached hydrogens (tertiary/aromatic N) is 1. The van der Waals surface area contributed by atoms with Gasteiger partial charge in [-0.25, -0.2) is 9.78 Å². The van der Waals surface area contributed by atoms with Crippen molar-refractivity contribution < 1.29 is 24.5 Å². The summed E-state index contributed by atoms with van der Waals surface area (Å²) < 4.78 is 10.1. The Labute approximate surface area is 135 Å². The second kappa shape index (κ2) is 7.98. The number of aliphatic hydroxyl groups excluding tert-OH is 2. The zero-order valence-corrected chi connectivity index (χ0v) is 13.9. The lowest BCUT2D eigenvalue weighted by Crippen LogP contribution is -2.34. The lowest BCUT2D eigenvalue weighted by Gasteiger charge is -2.22. The van der Waals surface area contributed by atoms with Crippen LogP contribution in [0.25, 0.3) is 0 Å². The molecule has 8 nitrogen and oxygen atoms in total. The molecule has 1 amide bonds. The third kappa shape index (κ3) is 6.29. The summed E-state index contributed by atoms with van der Waals surface area (Å²) in [6, 6.07) is 1.49. The lowest BCUT2D eigenvalue weighted by atomic mass is 10.0. The predicted octanol–water partition coefficient (Wildman–Crippen LogP) is 0.981. The van der Waals surface area contributed by atoms with Crippen molar-refractivity contribution in [2.45, 2.75) is 45.0 Å². The van der Waals surface area contributed by atoms with Gasteiger partial charge in [0.05, 0.1) is 25.1 Å². The van der Waals surface area contributed by atoms with E-state index >= 15 is 0 Å². The lowest BCUT2D eigenvalue weighted by molar-refractivity contribution is 0.0108. The van der Waals surface area contributed by atoms with Crippen LogP contribution < -0.4 is 15.8 Å². The van der Waals surface area contributed by atoms with E-state index in [1.807, 2.05) is 0 Å². The monoisotopic (exact) mass is 327 g/mol. The Kier molecular flexibility index (Phi) is 6.59. The number of alkyl carbamates (subject to hydrolysis) is 1. The molecule has 2 atom stereocenters. The minimum atomic E-state index is -1.23. The fourth-order valence-electron chi connectivity index (χ4n) is 1.87. The van der Waals surface area contributed by atoms with Crippen molar-refractivity contribution in [3.63, 3.8) is 0 Å². The summed E-state index contributed by atoms with van der Waals surface area (Å²) in [4.78, 5) is 15.4. The van der Waals surface area contributed by atoms with Crippen molar-refractivity contribution in [2.75, 3.05) is 19.4 Å². The zero-order valence-electron chi connectivity index (χ0n) is 13.9. The average molecular weight is 327 g/mol. The number of methoxy groups -OCH3 is 1. The largest absolute Gasteiger partial charge is 0.481 e. The Hall–Kier alpha value is -2.06. The smallest absolute Gasteiger partial charge is 0.407 e. The van der Waals surface area contributed by atoms with Crippen LogP contribution in [0, 0.1) is 0 Å². The summed E-state index contributed by atoms with van der Waals surface area (Å²) in [6.45, 7) is 5.41. The molecule has 5 N–H and O–H groups in total. The molecule has 130 valence electrons. The summed E-state index contributed by atoms with van der Waals surface area (Å²) in [6.07, 6.45) is -1.42. The highest BCUT2D eigenvalue weighted by atomic mass is 16.6. The van der Waals surface area contributed by atoms with Gasteiger partial charge in [-0.2, -0.15) is 0 Å². The number of amides is 1. The summed E-state index contributed by atoms with van der Waals surface area (Å²) in [5, 5.41) is 22.8. The van der Waals surface area contributed by atoms with Gasteiger partial charge in [-0.1, -0.05) is 0 Å². The van der Waals surface area contributed by atoms with Crippen LogP contribution in [0.1, 0.15) is 38.9 Å². The van der Waals surface area contributed by atoms with Gasteiger partial charge >= 0.3 is 6.09 Å². The minimum Gasteiger partial charge on any atom is -0.481 e. The molecule has 0 spiro atoms. The molecule has 1 aromatic rings. The zero-order chi connectivity index (χ0) is 17.6. The quantitative estimate of drug-likeness (QED) is 0.613. The molecule has 1 aromatic heterocycles. The summed E-state index contributed by atoms with van der Waals surface area (Å²) in [7, 11) is 1.41. The molecule has 0 saturated heterocycles. The number of nitrogens with one attached hydrogen (secondary N) is 1. The molecular formula is C15H25N3O5. The molecule has 0 saturated carbocycles. The molecule has 0 bridgehead atoms. The van der Waals surface area contributed by atoms with Crippen LogP contribution in [0.15, 0.2) is 12.3 Å². The topological polar surface area (TPSA) is 127 Å². The molecule has 8 heteroatoms. The summed E-state index contributed by atoms with van der Waals surface area (Å²) >= 11 is 0. The third-order valence-electron chi connectivity index (χ3n) is 2.88. The van der Waals surface area contributed by atoms with E-state index in [1.165, 1.54) is 19.4 Å². The van der Waals surface area contributed by atoms with Gasteiger partial charge in [0.15, 0.2) is 0 Å². The van der Waals surface area contributed by atoms with Crippen molar-refractivity contribution in [3.8, 4) is 5.88 Å². The van der Waals surface area contributed by atoms with E-state index in [0.29, 0.717) is 5.69 Å². The van der Waals surface area contributed by atoms with Gasteiger partial charge in [0.2, 0.25) is 5.88 Å². The number of hydrogen-bond donors (Lipinski definition) is 4. The van der Waals surface area contributed by atoms with E-state index in [4.69, 9.17) is 15.2 Å². The average Bonchev–Trinajstić information content (AvgIpc) is 2.44. The predicted molar refractivity (Wildman–Crippen MR) is 85.0 cm³/mol. The maximum Gasteiger partial charge on any atom is 0.407 e. The highest BCUT2D eigenvalue weighted by Crippen LogP contribution is 2.27. The van der Waals surface area contributed by atoms with Crippen molar-refractivity contribution in [1.29, 1.82) is 0 Å². The maximum atomic E-state index is 11.5. The van der Waals surface area contributed by atoms with Gasteiger partial charge < -0.3 is 30.7 Å². The number of aliphatic hydroxyl groups is 2. The van der Waals surface area contributed by atoms with E-state index in [2.05, 4.69) is 10.3 Å². The number of hydrogen-bond acceptors (Lipinski definition) is 7. The van der Waals surface area contributed by atoms with E-state index in [0.717, 1.165) is 0 Å². The first-order chi connectivity index (χ1) is 10.6. The second-order valence-electron chi connectivity index (χ2n) is 6.10. The Morgan fingerprint density at radius 3 is 2.65 bits per heavy atom. The number of ether oxygens (including phenoxy) is 2. The number of pyridine rings is 1. The number of carbonyl (C=O) groups is 1. The highest BCUT2D eigenvalue weighted by Gasteiger charge is 2.23. The van der Waals surface area contributed by atoms with Crippen LogP contribution >= 0.6 is 0 Å². The normalized spacial score (nSPS) is 14.0. The van der Waals surface area contributed by atoms with E-state index in [9.17, 15) is 15.0 Å². The number of aromatic nitrogens is 1. The number of nitrogens with two attached hydrogens (primary N) is 1. The summed E-state index contributed by atoms with van der Waals surface area (Å²) in [5.74, 6) is 0.186. The number of rotatable bonds is 6. The third-order valence-corrected chi connectivity index (χ3v) is 2.88. The van der Waals surface area contributed by atoms with Gasteiger partial charge in [0, 0.05) is 12.1 Å². The van der Waals surface area contributed by atoms with Gasteiger partial charge in [0.25, 0.3) is 0 Å². The van der Waals surface area contributed by atoms with Crippen LogP contribution in [0.2, 0.25) is 0 Å². The first-order valence-electron chi connectivity index (χ1n) is 7.26. The van der Waals surface area contributed by atoms with E-state index < -0.39 is 23.9 Å². The molecule has 23 heavy (non-hydrogen) atoms. The molecule has 0 aliphatic carbocycles. The van der Waals surface area contributed by atoms with Crippen LogP contribution in [0.4, 0.5) is 10.5 Å². The number of carbonyl (C=O) groups excluding carboxylic acids is 1. The summed E-state index contributed by atoms with van der Waals surface area (Å²) in [5.41, 5.74) is 5.68. The van der Waals surface area contributed by atoms with Crippen molar-refractivity contribution >= 4 is 11.8 Å². The van der Waals surface area contributed by atoms with Crippen LogP contribution in [0.5, 0.6) is 5.88 Å². The van der Waals surface area contributed by atoms with Gasteiger partial charge in [-0.15, -0.1) is 0 Å². The standard InChI is InChI=1S/C15H25N3O5/c1-15(2,3)23-14(21)17-6-5-11(19)12(20)10-7-9(16)8-18-13(10)22-4/h7-8,11-12,19-20H,5-6,16H2,1-4H3,(H,17,21). The van der Waals surface area contributed by atoms with E-state index in [-0.39, 0.29) is 24.4 Å². The molecular weight excluding hydrogens is 302 g/mol. The van der Waals surface area contributed by atoms with Crippen molar-refractivity contribution in [1.82, 2.24) is 10.3 Å². The molecule has 0 fully saturated rings.